The number of rotatable bonds is 1. The Morgan fingerprint density at radius 2 is 1.33 bits per heavy atom. The first-order chi connectivity index (χ1) is 2.64. The van der Waals surface area contributed by atoms with Gasteiger partial charge in [-0.3, -0.25) is 8.63 Å². The maximum atomic E-state index is 10.7. The summed E-state index contributed by atoms with van der Waals surface area (Å²) in [5.41, 5.74) is 0. The molecule has 2 N–H and O–H groups in total. The van der Waals surface area contributed by atoms with Gasteiger partial charge in [-0.15, -0.1) is 0 Å². The van der Waals surface area contributed by atoms with E-state index < -0.39 is 14.2 Å². The van der Waals surface area contributed by atoms with Crippen LogP contribution >= 0.6 is 0 Å². The molecule has 0 aromatic heterocycles. The summed E-state index contributed by atoms with van der Waals surface area (Å²) in [6.45, 7) is 0. The van der Waals surface area contributed by atoms with E-state index in [1.807, 2.05) is 0 Å². The zero-order chi connectivity index (χ0) is 5.15. The lowest BCUT2D eigenvalue weighted by Crippen LogP contribution is -2.27. The Labute approximate surface area is 34.1 Å². The first-order valence-corrected chi connectivity index (χ1v) is 1.29. The molecule has 6 heteroatoms. The highest BCUT2D eigenvalue weighted by Crippen LogP contribution is 1.83. The zero-order valence-corrected chi connectivity index (χ0v) is 2.81. The molecule has 0 bridgehead atoms. The molecule has 0 radical (unpaired) electrons. The van der Waals surface area contributed by atoms with Crippen LogP contribution in [-0.2, 0) is 0 Å². The monoisotopic (exact) mass is 94.0 g/mol. The molecule has 0 unspecified atom stereocenters. The van der Waals surface area contributed by atoms with Crippen molar-refractivity contribution in [1.29, 1.82) is 0 Å². The first-order valence-electron chi connectivity index (χ1n) is 1.29. The second-order valence-electron chi connectivity index (χ2n) is 0.748. The molecule has 2 nitrogen and oxygen atoms in total. The zero-order valence-electron chi connectivity index (χ0n) is 2.81. The Bertz CT molecular complexity index is 30.5. The lowest BCUT2D eigenvalue weighted by molar-refractivity contribution is 0.418. The van der Waals surface area contributed by atoms with E-state index in [1.165, 1.54) is 0 Å². The maximum absolute atomic E-state index is 10.7. The predicted molar refractivity (Wildman–Crippen MR) is 18.2 cm³/mol. The smallest absolute Gasteiger partial charge is 0.429 e. The van der Waals surface area contributed by atoms with Gasteiger partial charge in [0.1, 0.15) is 0 Å². The SMILES string of the molecule is OB(O)B(F)F. The average molecular weight is 93.6 g/mol. The molecule has 0 rings (SSSR count). The highest BCUT2D eigenvalue weighted by Gasteiger charge is 2.29. The standard InChI is InChI=1S/B2F2H2O2/c3-1(4)2(5)6/h5-6H. The predicted octanol–water partition coefficient (Wildman–Crippen LogP) is -1.04. The van der Waals surface area contributed by atoms with Crippen LogP contribution in [0.2, 0.25) is 0 Å². The van der Waals surface area contributed by atoms with Gasteiger partial charge >= 0.3 is 14.2 Å². The van der Waals surface area contributed by atoms with Crippen molar-refractivity contribution in [2.45, 2.75) is 0 Å². The van der Waals surface area contributed by atoms with Gasteiger partial charge in [-0.2, -0.15) is 0 Å². The van der Waals surface area contributed by atoms with E-state index in [-0.39, 0.29) is 0 Å². The minimum absolute atomic E-state index is 2.48. The highest BCUT2D eigenvalue weighted by atomic mass is 19.2. The van der Waals surface area contributed by atoms with Gasteiger partial charge in [0.25, 0.3) is 0 Å². The van der Waals surface area contributed by atoms with Crippen molar-refractivity contribution in [1.82, 2.24) is 0 Å². The molecule has 6 heavy (non-hydrogen) atoms. The van der Waals surface area contributed by atoms with Crippen molar-refractivity contribution in [3.8, 4) is 0 Å². The molecule has 0 atom stereocenters. The summed E-state index contributed by atoms with van der Waals surface area (Å²) in [6.07, 6.45) is 0. The van der Waals surface area contributed by atoms with Crippen LogP contribution in [0.1, 0.15) is 0 Å². The molecule has 0 aromatic rings. The van der Waals surface area contributed by atoms with Crippen LogP contribution in [0, 0.1) is 0 Å². The van der Waals surface area contributed by atoms with E-state index in [4.69, 9.17) is 10.0 Å². The average Bonchev–Trinajstić information content (AvgIpc) is 1.36. The van der Waals surface area contributed by atoms with Crippen LogP contribution < -0.4 is 0 Å². The van der Waals surface area contributed by atoms with E-state index >= 15 is 0 Å². The molecule has 0 aliphatic heterocycles. The van der Waals surface area contributed by atoms with E-state index in [9.17, 15) is 8.63 Å². The van der Waals surface area contributed by atoms with E-state index in [0.29, 0.717) is 0 Å². The molecule has 0 aliphatic carbocycles. The fourth-order valence-corrected chi connectivity index (χ4v) is 0. The van der Waals surface area contributed by atoms with Crippen LogP contribution in [0.4, 0.5) is 8.63 Å². The Kier molecular flexibility index (Phi) is 2.12. The van der Waals surface area contributed by atoms with Gasteiger partial charge in [-0.25, -0.2) is 0 Å². The fraction of sp³-hybridized carbons (Fsp3) is 0. The molecule has 34 valence electrons. The Balaban J connectivity index is 2.99. The van der Waals surface area contributed by atoms with Crippen molar-refractivity contribution >= 4 is 14.2 Å². The summed E-state index contributed by atoms with van der Waals surface area (Å²) >= 11 is 0. The number of halogens is 2. The van der Waals surface area contributed by atoms with Gasteiger partial charge in [0.2, 0.25) is 0 Å². The van der Waals surface area contributed by atoms with Crippen LogP contribution in [0.5, 0.6) is 0 Å². The molecule has 0 spiro atoms. The van der Waals surface area contributed by atoms with Gasteiger partial charge in [0.15, 0.2) is 0 Å². The fourth-order valence-electron chi connectivity index (χ4n) is 0. The van der Waals surface area contributed by atoms with E-state index in [1.54, 1.807) is 0 Å². The Morgan fingerprint density at radius 3 is 1.33 bits per heavy atom. The summed E-state index contributed by atoms with van der Waals surface area (Å²) in [5, 5.41) is 14.9. The maximum Gasteiger partial charge on any atom is 0.565 e. The molecule has 0 amide bonds. The molecule has 0 heterocycles. The van der Waals surface area contributed by atoms with E-state index in [0.717, 1.165) is 0 Å². The third-order valence-corrected chi connectivity index (χ3v) is 0.225. The van der Waals surface area contributed by atoms with Gasteiger partial charge in [0.05, 0.1) is 0 Å². The minimum Gasteiger partial charge on any atom is -0.429 e. The van der Waals surface area contributed by atoms with Gasteiger partial charge in [-0.05, 0) is 0 Å². The Morgan fingerprint density at radius 1 is 1.17 bits per heavy atom. The quantitative estimate of drug-likeness (QED) is 0.407. The molecule has 0 aliphatic rings. The summed E-state index contributed by atoms with van der Waals surface area (Å²) in [4.78, 5) is 0. The van der Waals surface area contributed by atoms with Crippen LogP contribution in [0.25, 0.3) is 0 Å². The van der Waals surface area contributed by atoms with Crippen molar-refractivity contribution in [3.05, 3.63) is 0 Å². The summed E-state index contributed by atoms with van der Waals surface area (Å²) in [7, 11) is -5.52. The highest BCUT2D eigenvalue weighted by molar-refractivity contribution is 7.08. The number of hydrogen-bond acceptors (Lipinski definition) is 2. The Hall–Kier alpha value is -0.0901. The van der Waals surface area contributed by atoms with Crippen molar-refractivity contribution in [2.24, 2.45) is 0 Å². The topological polar surface area (TPSA) is 40.5 Å². The van der Waals surface area contributed by atoms with Gasteiger partial charge < -0.3 is 10.0 Å². The molecular formula is H2B2F2O2. The van der Waals surface area contributed by atoms with Crippen LogP contribution in [0.3, 0.4) is 0 Å². The lowest BCUT2D eigenvalue weighted by Gasteiger charge is -1.83. The first kappa shape index (κ1) is 5.91. The summed E-state index contributed by atoms with van der Waals surface area (Å²) in [6, 6.07) is 0. The minimum atomic E-state index is -3.04. The second kappa shape index (κ2) is 2.15. The summed E-state index contributed by atoms with van der Waals surface area (Å²) < 4.78 is 21.3. The van der Waals surface area contributed by atoms with Crippen molar-refractivity contribution in [3.63, 3.8) is 0 Å². The van der Waals surface area contributed by atoms with Crippen LogP contribution in [0.15, 0.2) is 0 Å². The number of hydrogen-bond donors (Lipinski definition) is 2. The molecular weight excluding hydrogens is 91.6 g/mol. The van der Waals surface area contributed by atoms with Crippen molar-refractivity contribution in [2.75, 3.05) is 0 Å². The van der Waals surface area contributed by atoms with E-state index in [2.05, 4.69) is 0 Å². The lowest BCUT2D eigenvalue weighted by atomic mass is 9.55. The largest absolute Gasteiger partial charge is 0.565 e. The van der Waals surface area contributed by atoms with Gasteiger partial charge in [-0.1, -0.05) is 0 Å². The molecule has 0 fully saturated rings. The summed E-state index contributed by atoms with van der Waals surface area (Å²) in [5.74, 6) is 0. The third-order valence-electron chi connectivity index (χ3n) is 0.225. The molecule has 0 aromatic carbocycles. The molecule has 0 saturated heterocycles. The second-order valence-corrected chi connectivity index (χ2v) is 0.748. The third kappa shape index (κ3) is 2.17. The van der Waals surface area contributed by atoms with Crippen molar-refractivity contribution < 1.29 is 18.7 Å². The normalized spacial score (nSPS) is 8.00. The van der Waals surface area contributed by atoms with Gasteiger partial charge in [0, 0.05) is 0 Å². The molecule has 0 saturated carbocycles. The van der Waals surface area contributed by atoms with Crippen LogP contribution in [-0.4, -0.2) is 24.2 Å².